The number of aromatic nitrogens is 3. The summed E-state index contributed by atoms with van der Waals surface area (Å²) >= 11 is 0. The summed E-state index contributed by atoms with van der Waals surface area (Å²) in [7, 11) is 3.21. The van der Waals surface area contributed by atoms with Crippen LogP contribution in [0.2, 0.25) is 0 Å². The molecule has 0 N–H and O–H groups in total. The highest BCUT2D eigenvalue weighted by molar-refractivity contribution is 5.79. The first-order chi connectivity index (χ1) is 16.8. The van der Waals surface area contributed by atoms with Crippen molar-refractivity contribution in [1.29, 1.82) is 0 Å². The number of hydrazone groups is 1. The van der Waals surface area contributed by atoms with E-state index in [0.29, 0.717) is 29.1 Å². The Kier molecular flexibility index (Phi) is 5.79. The minimum absolute atomic E-state index is 0.0114. The maximum Gasteiger partial charge on any atom is 0.341 e. The van der Waals surface area contributed by atoms with Crippen molar-refractivity contribution in [2.75, 3.05) is 20.2 Å². The van der Waals surface area contributed by atoms with Gasteiger partial charge in [0.25, 0.3) is 0 Å². The average molecular weight is 486 g/mol. The largest absolute Gasteiger partial charge is 0.493 e. The zero-order valence-corrected chi connectivity index (χ0v) is 18.9. The van der Waals surface area contributed by atoms with E-state index in [1.165, 1.54) is 47.6 Å². The van der Waals surface area contributed by atoms with Crippen LogP contribution >= 0.6 is 0 Å². The number of pyridine rings is 1. The number of hydrogen-bond donors (Lipinski definition) is 0. The average Bonchev–Trinajstić information content (AvgIpc) is 3.43. The lowest BCUT2D eigenvalue weighted by atomic mass is 10.0. The van der Waals surface area contributed by atoms with Gasteiger partial charge in [0.15, 0.2) is 17.3 Å². The predicted molar refractivity (Wildman–Crippen MR) is 118 cm³/mol. The number of rotatable bonds is 5. The topological polar surface area (TPSA) is 85.1 Å². The van der Waals surface area contributed by atoms with E-state index in [9.17, 15) is 18.0 Å². The molecule has 5 rings (SSSR count). The van der Waals surface area contributed by atoms with Gasteiger partial charge in [0.1, 0.15) is 23.4 Å². The summed E-state index contributed by atoms with van der Waals surface area (Å²) in [5, 5.41) is 9.41. The molecular formula is C23H21F3N6O3. The van der Waals surface area contributed by atoms with Crippen LogP contribution in [0, 0.1) is 17.5 Å². The summed E-state index contributed by atoms with van der Waals surface area (Å²) in [6.07, 6.45) is 4.00. The molecule has 2 aliphatic heterocycles. The van der Waals surface area contributed by atoms with E-state index in [2.05, 4.69) is 15.2 Å². The number of aryl methyl sites for hydroxylation is 1. The Labute approximate surface area is 198 Å². The zero-order chi connectivity index (χ0) is 24.7. The van der Waals surface area contributed by atoms with E-state index in [4.69, 9.17) is 9.47 Å². The van der Waals surface area contributed by atoms with Crippen molar-refractivity contribution in [2.24, 2.45) is 12.1 Å². The molecule has 9 nitrogen and oxygen atoms in total. The second kappa shape index (κ2) is 8.93. The van der Waals surface area contributed by atoms with E-state index >= 15 is 0 Å². The van der Waals surface area contributed by atoms with Crippen molar-refractivity contribution in [3.63, 3.8) is 0 Å². The molecule has 1 fully saturated rings. The molecule has 0 radical (unpaired) electrons. The zero-order valence-electron chi connectivity index (χ0n) is 18.9. The normalized spacial score (nSPS) is 17.6. The summed E-state index contributed by atoms with van der Waals surface area (Å²) < 4.78 is 54.4. The van der Waals surface area contributed by atoms with E-state index < -0.39 is 35.6 Å². The van der Waals surface area contributed by atoms with Crippen LogP contribution in [0.15, 0.2) is 41.8 Å². The van der Waals surface area contributed by atoms with Gasteiger partial charge in [-0.3, -0.25) is 9.67 Å². The van der Waals surface area contributed by atoms with Gasteiger partial charge >= 0.3 is 6.03 Å². The molecule has 2 amide bonds. The SMILES string of the molecule is COc1cnn(C)c1-c1cc(OC2CN(C(=O)N3N=CC[C@H]3c3cc(F)cc(F)c3)C2)c(F)cn1. The Bertz CT molecular complexity index is 1290. The highest BCUT2D eigenvalue weighted by Gasteiger charge is 2.39. The number of urea groups is 1. The van der Waals surface area contributed by atoms with Crippen LogP contribution < -0.4 is 9.47 Å². The number of carbonyl (C=O) groups excluding carboxylic acids is 1. The van der Waals surface area contributed by atoms with Crippen LogP contribution in [-0.4, -0.2) is 63.2 Å². The number of methoxy groups -OCH3 is 1. The van der Waals surface area contributed by atoms with Gasteiger partial charge in [0.05, 0.1) is 44.3 Å². The van der Waals surface area contributed by atoms with Crippen molar-refractivity contribution in [1.82, 2.24) is 24.7 Å². The molecule has 3 aromatic rings. The molecule has 0 unspecified atom stereocenters. The smallest absolute Gasteiger partial charge is 0.341 e. The van der Waals surface area contributed by atoms with Gasteiger partial charge in [-0.15, -0.1) is 0 Å². The molecule has 1 aromatic carbocycles. The fraction of sp³-hybridized carbons (Fsp3) is 0.304. The molecule has 35 heavy (non-hydrogen) atoms. The molecule has 1 atom stereocenters. The number of benzene rings is 1. The minimum atomic E-state index is -0.723. The Balaban J connectivity index is 1.25. The van der Waals surface area contributed by atoms with Crippen LogP contribution in [-0.2, 0) is 7.05 Å². The molecule has 1 saturated heterocycles. The predicted octanol–water partition coefficient (Wildman–Crippen LogP) is 3.52. The van der Waals surface area contributed by atoms with Gasteiger partial charge in [-0.05, 0) is 17.7 Å². The molecule has 0 aliphatic carbocycles. The van der Waals surface area contributed by atoms with Gasteiger partial charge < -0.3 is 14.4 Å². The van der Waals surface area contributed by atoms with E-state index in [1.54, 1.807) is 11.7 Å². The third-order valence-corrected chi connectivity index (χ3v) is 5.90. The molecule has 12 heteroatoms. The molecule has 4 heterocycles. The van der Waals surface area contributed by atoms with Crippen molar-refractivity contribution in [3.8, 4) is 22.9 Å². The second-order valence-corrected chi connectivity index (χ2v) is 8.21. The maximum atomic E-state index is 14.4. The maximum absolute atomic E-state index is 14.4. The van der Waals surface area contributed by atoms with Crippen molar-refractivity contribution < 1.29 is 27.4 Å². The minimum Gasteiger partial charge on any atom is -0.493 e. The lowest BCUT2D eigenvalue weighted by Crippen LogP contribution is -2.58. The highest BCUT2D eigenvalue weighted by atomic mass is 19.1. The summed E-state index contributed by atoms with van der Waals surface area (Å²) in [6.45, 7) is 0.391. The molecule has 0 bridgehead atoms. The third kappa shape index (κ3) is 4.27. The summed E-state index contributed by atoms with van der Waals surface area (Å²) in [5.41, 5.74) is 1.30. The quantitative estimate of drug-likeness (QED) is 0.551. The standard InChI is InChI=1S/C23H21F3N6O3/c1-30-22(21(34-2)10-29-30)18-8-20(17(26)9-27-18)35-16-11-31(12-16)23(33)32-19(3-4-28-32)13-5-14(24)7-15(25)6-13/h4-10,16,19H,3,11-12H2,1-2H3/t19-/m0/s1. The van der Waals surface area contributed by atoms with Crippen LogP contribution in [0.1, 0.15) is 18.0 Å². The Morgan fingerprint density at radius 3 is 2.51 bits per heavy atom. The Morgan fingerprint density at radius 2 is 1.80 bits per heavy atom. The van der Waals surface area contributed by atoms with Crippen LogP contribution in [0.25, 0.3) is 11.4 Å². The van der Waals surface area contributed by atoms with E-state index in [0.717, 1.165) is 12.3 Å². The first-order valence-corrected chi connectivity index (χ1v) is 10.8. The number of carbonyl (C=O) groups is 1. The Morgan fingerprint density at radius 1 is 1.06 bits per heavy atom. The van der Waals surface area contributed by atoms with Gasteiger partial charge in [0, 0.05) is 31.8 Å². The molecule has 0 saturated carbocycles. The third-order valence-electron chi connectivity index (χ3n) is 5.90. The van der Waals surface area contributed by atoms with E-state index in [-0.39, 0.29) is 18.8 Å². The number of amides is 2. The van der Waals surface area contributed by atoms with Crippen LogP contribution in [0.4, 0.5) is 18.0 Å². The van der Waals surface area contributed by atoms with E-state index in [1.807, 2.05) is 0 Å². The lowest BCUT2D eigenvalue weighted by Gasteiger charge is -2.41. The number of hydrogen-bond acceptors (Lipinski definition) is 6. The fourth-order valence-corrected chi connectivity index (χ4v) is 4.13. The number of nitrogens with zero attached hydrogens (tertiary/aromatic N) is 6. The van der Waals surface area contributed by atoms with Crippen molar-refractivity contribution in [2.45, 2.75) is 18.6 Å². The Hall–Kier alpha value is -4.09. The molecule has 2 aromatic heterocycles. The molecule has 2 aliphatic rings. The lowest BCUT2D eigenvalue weighted by molar-refractivity contribution is 0.0256. The second-order valence-electron chi connectivity index (χ2n) is 8.21. The fourth-order valence-electron chi connectivity index (χ4n) is 4.13. The van der Waals surface area contributed by atoms with Gasteiger partial charge in [0.2, 0.25) is 0 Å². The highest BCUT2D eigenvalue weighted by Crippen LogP contribution is 2.33. The summed E-state index contributed by atoms with van der Waals surface area (Å²) in [5.74, 6) is -1.62. The number of likely N-dealkylation sites (tertiary alicyclic amines) is 1. The van der Waals surface area contributed by atoms with Gasteiger partial charge in [-0.25, -0.2) is 23.0 Å². The van der Waals surface area contributed by atoms with Crippen molar-refractivity contribution in [3.05, 3.63) is 59.7 Å². The van der Waals surface area contributed by atoms with Gasteiger partial charge in [-0.2, -0.15) is 10.2 Å². The summed E-state index contributed by atoms with van der Waals surface area (Å²) in [4.78, 5) is 18.5. The molecule has 182 valence electrons. The molecule has 0 spiro atoms. The first kappa shape index (κ1) is 22.7. The summed E-state index contributed by atoms with van der Waals surface area (Å²) in [6, 6.07) is 3.57. The monoisotopic (exact) mass is 486 g/mol. The van der Waals surface area contributed by atoms with Gasteiger partial charge in [-0.1, -0.05) is 0 Å². The van der Waals surface area contributed by atoms with Crippen molar-refractivity contribution >= 4 is 12.2 Å². The first-order valence-electron chi connectivity index (χ1n) is 10.8. The number of ether oxygens (including phenoxy) is 2. The van der Waals surface area contributed by atoms with Crippen LogP contribution in [0.5, 0.6) is 11.5 Å². The molecular weight excluding hydrogens is 465 g/mol. The number of halogens is 3. The van der Waals surface area contributed by atoms with Crippen LogP contribution in [0.3, 0.4) is 0 Å².